The van der Waals surface area contributed by atoms with Gasteiger partial charge in [-0.1, -0.05) is 23.2 Å². The van der Waals surface area contributed by atoms with Crippen LogP contribution in [0.4, 0.5) is 4.39 Å². The van der Waals surface area contributed by atoms with E-state index in [1.807, 2.05) is 0 Å². The van der Waals surface area contributed by atoms with Crippen LogP contribution in [0.2, 0.25) is 10.0 Å². The highest BCUT2D eigenvalue weighted by Crippen LogP contribution is 2.29. The average molecular weight is 195 g/mol. The van der Waals surface area contributed by atoms with Crippen LogP contribution in [-0.2, 0) is 0 Å². The summed E-state index contributed by atoms with van der Waals surface area (Å²) in [5.74, 6) is -0.215. The Kier molecular flexibility index (Phi) is 2.58. The van der Waals surface area contributed by atoms with Gasteiger partial charge in [0.25, 0.3) is 0 Å². The van der Waals surface area contributed by atoms with Crippen molar-refractivity contribution in [2.75, 3.05) is 7.11 Å². The van der Waals surface area contributed by atoms with Gasteiger partial charge in [0.2, 0.25) is 0 Å². The molecule has 0 radical (unpaired) electrons. The molecule has 0 fully saturated rings. The van der Waals surface area contributed by atoms with Crippen molar-refractivity contribution in [1.82, 2.24) is 0 Å². The first-order valence-corrected chi connectivity index (χ1v) is 3.59. The molecule has 0 aliphatic heterocycles. The molecular formula is C7H5Cl2FO. The molecular weight excluding hydrogens is 190 g/mol. The van der Waals surface area contributed by atoms with Crippen molar-refractivity contribution in [3.63, 3.8) is 0 Å². The first-order chi connectivity index (χ1) is 5.15. The second-order valence-electron chi connectivity index (χ2n) is 1.91. The summed E-state index contributed by atoms with van der Waals surface area (Å²) in [5, 5.41) is 0.0796. The Morgan fingerprint density at radius 2 is 2.00 bits per heavy atom. The van der Waals surface area contributed by atoms with Crippen LogP contribution in [0.3, 0.4) is 0 Å². The number of ether oxygens (including phenoxy) is 1. The molecule has 0 bridgehead atoms. The van der Waals surface area contributed by atoms with E-state index >= 15 is 0 Å². The summed E-state index contributed by atoms with van der Waals surface area (Å²) in [5.41, 5.74) is 0. The van der Waals surface area contributed by atoms with Gasteiger partial charge in [0, 0.05) is 12.1 Å². The van der Waals surface area contributed by atoms with Gasteiger partial charge < -0.3 is 4.74 Å². The smallest absolute Gasteiger partial charge is 0.146 e. The number of halogens is 3. The molecule has 0 spiro atoms. The number of methoxy groups -OCH3 is 1. The molecule has 0 aliphatic rings. The van der Waals surface area contributed by atoms with Gasteiger partial charge in [-0.3, -0.25) is 0 Å². The molecule has 0 atom stereocenters. The Hall–Kier alpha value is -0.470. The molecule has 1 rings (SSSR count). The highest BCUT2D eigenvalue weighted by molar-refractivity contribution is 6.42. The number of rotatable bonds is 1. The topological polar surface area (TPSA) is 9.23 Å². The summed E-state index contributed by atoms with van der Waals surface area (Å²) in [7, 11) is 1.43. The molecule has 60 valence electrons. The molecule has 4 heteroatoms. The van der Waals surface area contributed by atoms with Gasteiger partial charge >= 0.3 is 0 Å². The van der Waals surface area contributed by atoms with Crippen molar-refractivity contribution in [3.8, 4) is 5.75 Å². The molecule has 0 heterocycles. The summed E-state index contributed by atoms with van der Waals surface area (Å²) >= 11 is 11.0. The third-order valence-electron chi connectivity index (χ3n) is 1.19. The van der Waals surface area contributed by atoms with Crippen molar-refractivity contribution in [1.29, 1.82) is 0 Å². The van der Waals surface area contributed by atoms with Crippen LogP contribution in [0, 0.1) is 5.82 Å². The maximum absolute atomic E-state index is 12.7. The zero-order chi connectivity index (χ0) is 8.43. The molecule has 0 saturated carbocycles. The lowest BCUT2D eigenvalue weighted by atomic mass is 10.3. The standard InChI is InChI=1S/C7H5Cl2FO/c1-11-4-2-5(8)7(9)6(10)3-4/h2-3H,1H3. The molecule has 0 amide bonds. The molecule has 1 aromatic carbocycles. The fourth-order valence-corrected chi connectivity index (χ4v) is 0.957. The molecule has 0 saturated heterocycles. The van der Waals surface area contributed by atoms with Gasteiger partial charge in [-0.2, -0.15) is 0 Å². The second kappa shape index (κ2) is 3.28. The molecule has 11 heavy (non-hydrogen) atoms. The van der Waals surface area contributed by atoms with E-state index in [1.165, 1.54) is 19.2 Å². The van der Waals surface area contributed by atoms with E-state index in [0.29, 0.717) is 5.75 Å². The van der Waals surface area contributed by atoms with Gasteiger partial charge in [0.05, 0.1) is 17.2 Å². The van der Waals surface area contributed by atoms with E-state index in [-0.39, 0.29) is 10.0 Å². The van der Waals surface area contributed by atoms with Crippen LogP contribution >= 0.6 is 23.2 Å². The SMILES string of the molecule is COc1cc(F)c(Cl)c(Cl)c1. The van der Waals surface area contributed by atoms with Gasteiger partial charge in [-0.15, -0.1) is 0 Å². The Morgan fingerprint density at radius 1 is 1.36 bits per heavy atom. The van der Waals surface area contributed by atoms with E-state index in [4.69, 9.17) is 27.9 Å². The third kappa shape index (κ3) is 1.76. The third-order valence-corrected chi connectivity index (χ3v) is 1.97. The summed E-state index contributed by atoms with van der Waals surface area (Å²) in [6, 6.07) is 2.63. The number of benzene rings is 1. The van der Waals surface area contributed by atoms with Crippen LogP contribution in [0.5, 0.6) is 5.75 Å². The maximum atomic E-state index is 12.7. The monoisotopic (exact) mass is 194 g/mol. The van der Waals surface area contributed by atoms with Gasteiger partial charge in [0.15, 0.2) is 0 Å². The van der Waals surface area contributed by atoms with Gasteiger partial charge in [-0.25, -0.2) is 4.39 Å². The lowest BCUT2D eigenvalue weighted by Crippen LogP contribution is -1.85. The van der Waals surface area contributed by atoms with Crippen LogP contribution in [0.25, 0.3) is 0 Å². The summed E-state index contributed by atoms with van der Waals surface area (Å²) in [6.07, 6.45) is 0. The summed E-state index contributed by atoms with van der Waals surface area (Å²) < 4.78 is 17.5. The van der Waals surface area contributed by atoms with Crippen molar-refractivity contribution in [2.24, 2.45) is 0 Å². The van der Waals surface area contributed by atoms with Gasteiger partial charge in [-0.05, 0) is 0 Å². The predicted octanol–water partition coefficient (Wildman–Crippen LogP) is 3.14. The Bertz CT molecular complexity index is 252. The largest absolute Gasteiger partial charge is 0.497 e. The van der Waals surface area contributed by atoms with Crippen molar-refractivity contribution in [3.05, 3.63) is 28.0 Å². The maximum Gasteiger partial charge on any atom is 0.146 e. The normalized spacial score (nSPS) is 9.82. The molecule has 0 unspecified atom stereocenters. The Labute approximate surface area is 73.7 Å². The van der Waals surface area contributed by atoms with E-state index < -0.39 is 5.82 Å². The Balaban J connectivity index is 3.21. The van der Waals surface area contributed by atoms with Crippen molar-refractivity contribution in [2.45, 2.75) is 0 Å². The van der Waals surface area contributed by atoms with Crippen LogP contribution in [0.15, 0.2) is 12.1 Å². The molecule has 0 aliphatic carbocycles. The first-order valence-electron chi connectivity index (χ1n) is 2.83. The quantitative estimate of drug-likeness (QED) is 0.625. The molecule has 0 aromatic heterocycles. The first kappa shape index (κ1) is 8.62. The number of hydrogen-bond donors (Lipinski definition) is 0. The van der Waals surface area contributed by atoms with Crippen LogP contribution in [0.1, 0.15) is 0 Å². The molecule has 0 N–H and O–H groups in total. The predicted molar refractivity (Wildman–Crippen MR) is 43.0 cm³/mol. The second-order valence-corrected chi connectivity index (χ2v) is 2.69. The van der Waals surface area contributed by atoms with E-state index in [9.17, 15) is 4.39 Å². The summed E-state index contributed by atoms with van der Waals surface area (Å²) in [6.45, 7) is 0. The van der Waals surface area contributed by atoms with Crippen molar-refractivity contribution < 1.29 is 9.13 Å². The fourth-order valence-electron chi connectivity index (χ4n) is 0.650. The zero-order valence-electron chi connectivity index (χ0n) is 5.70. The van der Waals surface area contributed by atoms with Crippen LogP contribution in [-0.4, -0.2) is 7.11 Å². The van der Waals surface area contributed by atoms with Gasteiger partial charge in [0.1, 0.15) is 11.6 Å². The minimum atomic E-state index is -0.573. The fraction of sp³-hybridized carbons (Fsp3) is 0.143. The lowest BCUT2D eigenvalue weighted by Gasteiger charge is -2.01. The number of hydrogen-bond acceptors (Lipinski definition) is 1. The minimum absolute atomic E-state index is 0.0764. The van der Waals surface area contributed by atoms with E-state index in [2.05, 4.69) is 0 Å². The van der Waals surface area contributed by atoms with Crippen LogP contribution < -0.4 is 4.74 Å². The highest BCUT2D eigenvalue weighted by Gasteiger charge is 2.06. The van der Waals surface area contributed by atoms with E-state index in [1.54, 1.807) is 0 Å². The minimum Gasteiger partial charge on any atom is -0.497 e. The Morgan fingerprint density at radius 3 is 2.45 bits per heavy atom. The average Bonchev–Trinajstić information content (AvgIpc) is 1.99. The van der Waals surface area contributed by atoms with E-state index in [0.717, 1.165) is 0 Å². The van der Waals surface area contributed by atoms with Crippen molar-refractivity contribution >= 4 is 23.2 Å². The summed E-state index contributed by atoms with van der Waals surface area (Å²) in [4.78, 5) is 0. The molecule has 1 nitrogen and oxygen atoms in total. The lowest BCUT2D eigenvalue weighted by molar-refractivity contribution is 0.411. The highest BCUT2D eigenvalue weighted by atomic mass is 35.5. The zero-order valence-corrected chi connectivity index (χ0v) is 7.21. The molecule has 1 aromatic rings.